The Morgan fingerprint density at radius 1 is 0.885 bits per heavy atom. The summed E-state index contributed by atoms with van der Waals surface area (Å²) in [6.45, 7) is 1.46. The predicted molar refractivity (Wildman–Crippen MR) is 101 cm³/mol. The van der Waals surface area contributed by atoms with Gasteiger partial charge in [0, 0.05) is 12.6 Å². The fraction of sp³-hybridized carbons (Fsp3) is 0.333. The van der Waals surface area contributed by atoms with Crippen LogP contribution in [0.4, 0.5) is 5.69 Å². The molecule has 26 heavy (non-hydrogen) atoms. The number of ether oxygens (including phenoxy) is 1. The Labute approximate surface area is 153 Å². The first-order valence-electron chi connectivity index (χ1n) is 9.01. The first kappa shape index (κ1) is 18.0. The van der Waals surface area contributed by atoms with Crippen LogP contribution < -0.4 is 15.4 Å². The van der Waals surface area contributed by atoms with Crippen LogP contribution in [0.25, 0.3) is 0 Å². The summed E-state index contributed by atoms with van der Waals surface area (Å²) in [5.74, 6) is 1.14. The van der Waals surface area contributed by atoms with Gasteiger partial charge in [-0.1, -0.05) is 37.5 Å². The normalized spacial score (nSPS) is 15.7. The van der Waals surface area contributed by atoms with Gasteiger partial charge in [-0.3, -0.25) is 9.59 Å². The number of rotatable bonds is 5. The Balaban J connectivity index is 1.67. The lowest BCUT2D eigenvalue weighted by Gasteiger charge is -2.36. The van der Waals surface area contributed by atoms with E-state index in [0.29, 0.717) is 24.3 Å². The molecule has 2 aromatic rings. The van der Waals surface area contributed by atoms with E-state index in [9.17, 15) is 9.59 Å². The molecule has 2 amide bonds. The standard InChI is InChI=1S/C21H24N2O3/c1-16(24)23-21(14-6-3-7-15-21)20(25)22-17-10-12-19(13-11-17)26-18-8-4-2-5-9-18/h2,4-5,8-13H,3,6-7,14-15H2,1H3,(H,22,25)(H,23,24). The van der Waals surface area contributed by atoms with Gasteiger partial charge < -0.3 is 15.4 Å². The van der Waals surface area contributed by atoms with Gasteiger partial charge in [0.2, 0.25) is 11.8 Å². The molecule has 1 aliphatic rings. The molecule has 2 N–H and O–H groups in total. The van der Waals surface area contributed by atoms with Gasteiger partial charge >= 0.3 is 0 Å². The SMILES string of the molecule is CC(=O)NC1(C(=O)Nc2ccc(Oc3ccccc3)cc2)CCCCC1. The maximum Gasteiger partial charge on any atom is 0.250 e. The van der Waals surface area contributed by atoms with Crippen LogP contribution in [0, 0.1) is 0 Å². The molecule has 1 aliphatic carbocycles. The number of nitrogens with one attached hydrogen (secondary N) is 2. The topological polar surface area (TPSA) is 67.4 Å². The quantitative estimate of drug-likeness (QED) is 0.845. The Morgan fingerprint density at radius 2 is 1.50 bits per heavy atom. The largest absolute Gasteiger partial charge is 0.457 e. The van der Waals surface area contributed by atoms with Crippen molar-refractivity contribution in [3.63, 3.8) is 0 Å². The van der Waals surface area contributed by atoms with Gasteiger partial charge in [-0.2, -0.15) is 0 Å². The van der Waals surface area contributed by atoms with E-state index in [2.05, 4.69) is 10.6 Å². The summed E-state index contributed by atoms with van der Waals surface area (Å²) in [5.41, 5.74) is -0.116. The third-order valence-corrected chi connectivity index (χ3v) is 4.65. The summed E-state index contributed by atoms with van der Waals surface area (Å²) in [6, 6.07) is 16.8. The third-order valence-electron chi connectivity index (χ3n) is 4.65. The van der Waals surface area contributed by atoms with Gasteiger partial charge in [0.15, 0.2) is 0 Å². The van der Waals surface area contributed by atoms with Crippen LogP contribution in [0.15, 0.2) is 54.6 Å². The average molecular weight is 352 g/mol. The molecule has 1 saturated carbocycles. The summed E-state index contributed by atoms with van der Waals surface area (Å²) < 4.78 is 5.76. The summed E-state index contributed by atoms with van der Waals surface area (Å²) in [5, 5.41) is 5.82. The Hall–Kier alpha value is -2.82. The Kier molecular flexibility index (Phi) is 5.56. The molecule has 136 valence electrons. The number of anilines is 1. The van der Waals surface area contributed by atoms with Crippen molar-refractivity contribution in [2.24, 2.45) is 0 Å². The van der Waals surface area contributed by atoms with E-state index < -0.39 is 5.54 Å². The highest BCUT2D eigenvalue weighted by Gasteiger charge is 2.40. The highest BCUT2D eigenvalue weighted by molar-refractivity contribution is 6.00. The zero-order valence-corrected chi connectivity index (χ0v) is 15.0. The van der Waals surface area contributed by atoms with E-state index in [-0.39, 0.29) is 11.8 Å². The molecular formula is C21H24N2O3. The second kappa shape index (κ2) is 8.04. The fourth-order valence-corrected chi connectivity index (χ4v) is 3.38. The van der Waals surface area contributed by atoms with Crippen LogP contribution in [0.1, 0.15) is 39.0 Å². The number of hydrogen-bond acceptors (Lipinski definition) is 3. The van der Waals surface area contributed by atoms with Crippen LogP contribution in [0.3, 0.4) is 0 Å². The fourth-order valence-electron chi connectivity index (χ4n) is 3.38. The zero-order valence-electron chi connectivity index (χ0n) is 15.0. The van der Waals surface area contributed by atoms with E-state index >= 15 is 0 Å². The van der Waals surface area contributed by atoms with Gasteiger partial charge in [-0.05, 0) is 49.2 Å². The second-order valence-electron chi connectivity index (χ2n) is 6.72. The van der Waals surface area contributed by atoms with Gasteiger partial charge in [-0.25, -0.2) is 0 Å². The third kappa shape index (κ3) is 4.42. The predicted octanol–water partition coefficient (Wildman–Crippen LogP) is 4.26. The molecule has 2 aromatic carbocycles. The number of amides is 2. The first-order valence-corrected chi connectivity index (χ1v) is 9.01. The van der Waals surface area contributed by atoms with E-state index in [1.54, 1.807) is 12.1 Å². The van der Waals surface area contributed by atoms with Gasteiger partial charge in [-0.15, -0.1) is 0 Å². The second-order valence-corrected chi connectivity index (χ2v) is 6.72. The van der Waals surface area contributed by atoms with E-state index in [0.717, 1.165) is 25.0 Å². The summed E-state index contributed by atoms with van der Waals surface area (Å²) in [7, 11) is 0. The lowest BCUT2D eigenvalue weighted by molar-refractivity contribution is -0.130. The van der Waals surface area contributed by atoms with E-state index in [1.807, 2.05) is 42.5 Å². The highest BCUT2D eigenvalue weighted by atomic mass is 16.5. The molecule has 0 unspecified atom stereocenters. The molecule has 3 rings (SSSR count). The molecule has 5 heteroatoms. The van der Waals surface area contributed by atoms with Crippen LogP contribution in [0.5, 0.6) is 11.5 Å². The number of para-hydroxylation sites is 1. The molecule has 0 aromatic heterocycles. The van der Waals surface area contributed by atoms with Gasteiger partial charge in [0.25, 0.3) is 0 Å². The average Bonchev–Trinajstić information content (AvgIpc) is 2.64. The molecule has 0 heterocycles. The van der Waals surface area contributed by atoms with Crippen molar-refractivity contribution in [2.45, 2.75) is 44.6 Å². The molecule has 0 saturated heterocycles. The van der Waals surface area contributed by atoms with Crippen LogP contribution in [-0.4, -0.2) is 17.4 Å². The van der Waals surface area contributed by atoms with Crippen molar-refractivity contribution in [1.29, 1.82) is 0 Å². The molecule has 0 radical (unpaired) electrons. The number of carbonyl (C=O) groups is 2. The van der Waals surface area contributed by atoms with Crippen LogP contribution >= 0.6 is 0 Å². The molecule has 5 nitrogen and oxygen atoms in total. The number of hydrogen-bond donors (Lipinski definition) is 2. The summed E-state index contributed by atoms with van der Waals surface area (Å²) in [6.07, 6.45) is 4.33. The maximum absolute atomic E-state index is 12.8. The molecular weight excluding hydrogens is 328 g/mol. The summed E-state index contributed by atoms with van der Waals surface area (Å²) in [4.78, 5) is 24.4. The summed E-state index contributed by atoms with van der Waals surface area (Å²) >= 11 is 0. The van der Waals surface area contributed by atoms with Gasteiger partial charge in [0.05, 0.1) is 0 Å². The van der Waals surface area contributed by atoms with Crippen LogP contribution in [0.2, 0.25) is 0 Å². The molecule has 0 atom stereocenters. The van der Waals surface area contributed by atoms with E-state index in [4.69, 9.17) is 4.74 Å². The lowest BCUT2D eigenvalue weighted by Crippen LogP contribution is -2.57. The molecule has 0 aliphatic heterocycles. The number of carbonyl (C=O) groups excluding carboxylic acids is 2. The van der Waals surface area contributed by atoms with Crippen LogP contribution in [-0.2, 0) is 9.59 Å². The molecule has 0 spiro atoms. The zero-order chi connectivity index (χ0) is 18.4. The minimum Gasteiger partial charge on any atom is -0.457 e. The lowest BCUT2D eigenvalue weighted by atomic mass is 9.80. The Morgan fingerprint density at radius 3 is 2.12 bits per heavy atom. The molecule has 0 bridgehead atoms. The van der Waals surface area contributed by atoms with Crippen molar-refractivity contribution in [1.82, 2.24) is 5.32 Å². The minimum atomic E-state index is -0.802. The monoisotopic (exact) mass is 352 g/mol. The van der Waals surface area contributed by atoms with E-state index in [1.165, 1.54) is 6.92 Å². The molecule has 1 fully saturated rings. The van der Waals surface area contributed by atoms with Crippen molar-refractivity contribution in [2.75, 3.05) is 5.32 Å². The highest BCUT2D eigenvalue weighted by Crippen LogP contribution is 2.30. The number of benzene rings is 2. The maximum atomic E-state index is 12.8. The first-order chi connectivity index (χ1) is 12.6. The van der Waals surface area contributed by atoms with Crippen molar-refractivity contribution in [3.8, 4) is 11.5 Å². The van der Waals surface area contributed by atoms with Crippen molar-refractivity contribution >= 4 is 17.5 Å². The minimum absolute atomic E-state index is 0.149. The smallest absolute Gasteiger partial charge is 0.250 e. The Bertz CT molecular complexity index is 751. The van der Waals surface area contributed by atoms with Crippen molar-refractivity contribution < 1.29 is 14.3 Å². The van der Waals surface area contributed by atoms with Gasteiger partial charge in [0.1, 0.15) is 17.0 Å². The van der Waals surface area contributed by atoms with Crippen molar-refractivity contribution in [3.05, 3.63) is 54.6 Å².